The zero-order chi connectivity index (χ0) is 25.8. The zero-order valence-electron chi connectivity index (χ0n) is 20.8. The van der Waals surface area contributed by atoms with Crippen LogP contribution in [-0.2, 0) is 28.8 Å². The van der Waals surface area contributed by atoms with Crippen LogP contribution in [0.3, 0.4) is 0 Å². The van der Waals surface area contributed by atoms with Crippen molar-refractivity contribution in [1.29, 1.82) is 0 Å². The second-order valence-corrected chi connectivity index (χ2v) is 10.5. The average molecular weight is 563 g/mol. The molecule has 5 rings (SSSR count). The molecule has 37 heavy (non-hydrogen) atoms. The number of nitrogens with one attached hydrogen (secondary N) is 1. The average Bonchev–Trinajstić information content (AvgIpc) is 3.46. The predicted octanol–water partition coefficient (Wildman–Crippen LogP) is 4.64. The van der Waals surface area contributed by atoms with E-state index in [2.05, 4.69) is 33.4 Å². The Balaban J connectivity index is 1.42. The third-order valence-corrected chi connectivity index (χ3v) is 7.91. The number of nitrogens with zero attached hydrogens (tertiary/aromatic N) is 1. The van der Waals surface area contributed by atoms with Gasteiger partial charge in [-0.05, 0) is 66.8 Å². The maximum absolute atomic E-state index is 14.0. The summed E-state index contributed by atoms with van der Waals surface area (Å²) in [6.07, 6.45) is 2.16. The number of aliphatic hydroxyl groups excluding tert-OH is 1. The van der Waals surface area contributed by atoms with E-state index in [1.165, 1.54) is 11.1 Å². The summed E-state index contributed by atoms with van der Waals surface area (Å²) in [5.41, 5.74) is 3.25. The Morgan fingerprint density at radius 3 is 2.43 bits per heavy atom. The second kappa shape index (κ2) is 11.1. The summed E-state index contributed by atoms with van der Waals surface area (Å²) in [6, 6.07) is 23.8. The minimum atomic E-state index is -1.11. The molecule has 0 unspecified atom stereocenters. The largest absolute Gasteiger partial charge is 0.494 e. The lowest BCUT2D eigenvalue weighted by molar-refractivity contribution is -0.129. The maximum Gasteiger partial charge on any atom is 0.252 e. The number of ether oxygens (including phenoxy) is 2. The smallest absolute Gasteiger partial charge is 0.252 e. The number of carbonyl (C=O) groups is 1. The van der Waals surface area contributed by atoms with Gasteiger partial charge < -0.3 is 19.9 Å². The van der Waals surface area contributed by atoms with Crippen molar-refractivity contribution >= 4 is 27.7 Å². The fourth-order valence-corrected chi connectivity index (χ4v) is 5.47. The quantitative estimate of drug-likeness (QED) is 0.372. The highest BCUT2D eigenvalue weighted by atomic mass is 79.9. The van der Waals surface area contributed by atoms with E-state index in [4.69, 9.17) is 19.6 Å². The molecule has 192 valence electrons. The lowest BCUT2D eigenvalue weighted by Crippen LogP contribution is -2.55. The molecular weight excluding hydrogens is 532 g/mol. The molecule has 2 atom stereocenters. The minimum absolute atomic E-state index is 0.0304. The number of halogens is 1. The van der Waals surface area contributed by atoms with Crippen LogP contribution in [0.25, 0.3) is 0 Å². The van der Waals surface area contributed by atoms with Crippen LogP contribution in [0.5, 0.6) is 5.75 Å². The van der Waals surface area contributed by atoms with E-state index in [0.29, 0.717) is 31.1 Å². The van der Waals surface area contributed by atoms with Crippen molar-refractivity contribution in [2.24, 2.45) is 4.99 Å². The van der Waals surface area contributed by atoms with E-state index < -0.39 is 11.6 Å². The van der Waals surface area contributed by atoms with Gasteiger partial charge in [0.2, 0.25) is 5.90 Å². The van der Waals surface area contributed by atoms with Crippen molar-refractivity contribution in [3.63, 3.8) is 0 Å². The van der Waals surface area contributed by atoms with Crippen molar-refractivity contribution in [3.05, 3.63) is 99.5 Å². The summed E-state index contributed by atoms with van der Waals surface area (Å²) in [4.78, 5) is 19.0. The molecule has 0 bridgehead atoms. The monoisotopic (exact) mass is 562 g/mol. The van der Waals surface area contributed by atoms with Gasteiger partial charge in [-0.15, -0.1) is 0 Å². The van der Waals surface area contributed by atoms with Gasteiger partial charge >= 0.3 is 0 Å². The number of benzene rings is 3. The molecule has 2 N–H and O–H groups in total. The normalized spacial score (nSPS) is 20.7. The van der Waals surface area contributed by atoms with E-state index in [1.54, 1.807) is 0 Å². The topological polar surface area (TPSA) is 80.2 Å². The summed E-state index contributed by atoms with van der Waals surface area (Å²) in [7, 11) is 0. The lowest BCUT2D eigenvalue weighted by atomic mass is 9.85. The molecule has 1 heterocycles. The molecule has 0 saturated heterocycles. The Labute approximate surface area is 225 Å². The van der Waals surface area contributed by atoms with Crippen molar-refractivity contribution in [2.45, 2.75) is 50.3 Å². The third kappa shape index (κ3) is 5.43. The number of rotatable bonds is 9. The molecule has 1 amide bonds. The van der Waals surface area contributed by atoms with Gasteiger partial charge in [0, 0.05) is 35.5 Å². The van der Waals surface area contributed by atoms with Crippen LogP contribution in [0.2, 0.25) is 0 Å². The molecule has 3 aromatic rings. The molecular formula is C30H31BrN2O4. The number of aliphatic imine (C=N–C) groups is 1. The van der Waals surface area contributed by atoms with Crippen LogP contribution >= 0.6 is 15.9 Å². The Morgan fingerprint density at radius 2 is 1.76 bits per heavy atom. The van der Waals surface area contributed by atoms with Gasteiger partial charge in [-0.25, -0.2) is 4.99 Å². The van der Waals surface area contributed by atoms with Gasteiger partial charge in [0.05, 0.1) is 6.61 Å². The highest BCUT2D eigenvalue weighted by Gasteiger charge is 2.51. The molecule has 0 aromatic heterocycles. The van der Waals surface area contributed by atoms with Crippen LogP contribution in [0.4, 0.5) is 0 Å². The molecule has 0 spiro atoms. The second-order valence-electron chi connectivity index (χ2n) is 9.67. The molecule has 7 heteroatoms. The van der Waals surface area contributed by atoms with Crippen molar-refractivity contribution in [3.8, 4) is 5.75 Å². The maximum atomic E-state index is 14.0. The Kier molecular flexibility index (Phi) is 7.63. The van der Waals surface area contributed by atoms with Crippen LogP contribution in [0, 0.1) is 0 Å². The van der Waals surface area contributed by atoms with E-state index in [-0.39, 0.29) is 18.6 Å². The first kappa shape index (κ1) is 25.5. The highest BCUT2D eigenvalue weighted by Crippen LogP contribution is 2.35. The van der Waals surface area contributed by atoms with Crippen molar-refractivity contribution < 1.29 is 19.4 Å². The van der Waals surface area contributed by atoms with Crippen molar-refractivity contribution in [1.82, 2.24) is 5.32 Å². The van der Waals surface area contributed by atoms with Crippen LogP contribution < -0.4 is 10.1 Å². The Hall–Kier alpha value is -3.16. The molecule has 6 nitrogen and oxygen atoms in total. The highest BCUT2D eigenvalue weighted by molar-refractivity contribution is 9.10. The summed E-state index contributed by atoms with van der Waals surface area (Å²) < 4.78 is 12.8. The van der Waals surface area contributed by atoms with Gasteiger partial charge in [-0.2, -0.15) is 0 Å². The number of hydrogen-bond donors (Lipinski definition) is 2. The number of amides is 1. The van der Waals surface area contributed by atoms with Crippen LogP contribution in [0.15, 0.2) is 82.3 Å². The molecule has 0 saturated carbocycles. The number of aliphatic hydroxyl groups is 1. The predicted molar refractivity (Wildman–Crippen MR) is 147 cm³/mol. The van der Waals surface area contributed by atoms with Gasteiger partial charge in [0.25, 0.3) is 5.91 Å². The molecule has 0 fully saturated rings. The SMILES string of the molecule is C[C@H]1OC(c2ccc(OCCCO)cc2)=N[C@@]1(Cc1ccccc1Br)C(=O)NC1Cc2ccccc2C1. The van der Waals surface area contributed by atoms with Crippen molar-refractivity contribution in [2.75, 3.05) is 13.2 Å². The standard InChI is InChI=1S/C30H31BrN2O4/c1-20-30(19-24-9-4-5-10-27(24)31,29(35)32-25-17-22-7-2-3-8-23(22)18-25)33-28(37-20)21-11-13-26(14-12-21)36-16-6-15-34/h2-5,7-14,20,25,34H,6,15-19H2,1H3,(H,32,35)/t20-,30-/m1/s1. The lowest BCUT2D eigenvalue weighted by Gasteiger charge is -2.30. The summed E-state index contributed by atoms with van der Waals surface area (Å²) in [6.45, 7) is 2.46. The number of carbonyl (C=O) groups excluding carboxylic acids is 1. The molecule has 1 aliphatic heterocycles. The summed E-state index contributed by atoms with van der Waals surface area (Å²) in [5.74, 6) is 1.04. The molecule has 1 aliphatic carbocycles. The van der Waals surface area contributed by atoms with Crippen LogP contribution in [0.1, 0.15) is 35.6 Å². The van der Waals surface area contributed by atoms with E-state index >= 15 is 0 Å². The molecule has 2 aliphatic rings. The minimum Gasteiger partial charge on any atom is -0.494 e. The summed E-state index contributed by atoms with van der Waals surface area (Å²) >= 11 is 3.65. The van der Waals surface area contributed by atoms with Gasteiger partial charge in [0.15, 0.2) is 5.54 Å². The zero-order valence-corrected chi connectivity index (χ0v) is 22.4. The molecule has 3 aromatic carbocycles. The van der Waals surface area contributed by atoms with Gasteiger partial charge in [-0.3, -0.25) is 4.79 Å². The van der Waals surface area contributed by atoms with Gasteiger partial charge in [0.1, 0.15) is 11.9 Å². The number of fused-ring (bicyclic) bond motifs is 1. The Bertz CT molecular complexity index is 1270. The van der Waals surface area contributed by atoms with E-state index in [0.717, 1.165) is 28.4 Å². The first-order valence-corrected chi connectivity index (χ1v) is 13.5. The fraction of sp³-hybridized carbons (Fsp3) is 0.333. The van der Waals surface area contributed by atoms with Gasteiger partial charge in [-0.1, -0.05) is 58.4 Å². The third-order valence-electron chi connectivity index (χ3n) is 7.13. The van der Waals surface area contributed by atoms with Crippen LogP contribution in [-0.4, -0.2) is 47.8 Å². The molecule has 0 radical (unpaired) electrons. The number of hydrogen-bond acceptors (Lipinski definition) is 5. The van der Waals surface area contributed by atoms with E-state index in [1.807, 2.05) is 67.6 Å². The fourth-order valence-electron chi connectivity index (χ4n) is 5.05. The first-order valence-electron chi connectivity index (χ1n) is 12.7. The summed E-state index contributed by atoms with van der Waals surface area (Å²) in [5, 5.41) is 12.3. The first-order chi connectivity index (χ1) is 18.0. The van der Waals surface area contributed by atoms with E-state index in [9.17, 15) is 4.79 Å². The Morgan fingerprint density at radius 1 is 1.08 bits per heavy atom.